The van der Waals surface area contributed by atoms with Crippen LogP contribution in [0.5, 0.6) is 11.5 Å². The maximum absolute atomic E-state index is 13.6. The Balaban J connectivity index is 1.57. The number of carbonyl (C=O) groups excluding carboxylic acids is 2. The van der Waals surface area contributed by atoms with Crippen LogP contribution in [0.15, 0.2) is 47.4 Å². The van der Waals surface area contributed by atoms with Crippen LogP contribution in [0.3, 0.4) is 0 Å². The summed E-state index contributed by atoms with van der Waals surface area (Å²) in [5.41, 5.74) is 1.27. The normalized spacial score (nSPS) is 20.7. The van der Waals surface area contributed by atoms with E-state index in [4.69, 9.17) is 14.2 Å². The molecule has 0 N–H and O–H groups in total. The second kappa shape index (κ2) is 9.63. The highest BCUT2D eigenvalue weighted by molar-refractivity contribution is 7.89. The molecular weight excluding hydrogens is 460 g/mol. The first-order chi connectivity index (χ1) is 16.3. The topological polar surface area (TPSA) is 102 Å². The summed E-state index contributed by atoms with van der Waals surface area (Å²) in [6.07, 6.45) is 0.154. The van der Waals surface area contributed by atoms with Gasteiger partial charge in [0.2, 0.25) is 22.0 Å². The standard InChI is InChI=1S/C24H28N2O7S/c1-16-13-18(10-11-20(16)31-2)34(29,30)25-12-6-7-17(14-25)23(27)26-15-22(24(28)32-3)33-21-9-5-4-8-19(21)26/h4-5,8-11,13,17,22H,6-7,12,14-15H2,1-3H3/t17-,22-/m0/s1. The number of amides is 1. The Kier molecular flexibility index (Phi) is 6.81. The monoisotopic (exact) mass is 488 g/mol. The number of benzene rings is 2. The summed E-state index contributed by atoms with van der Waals surface area (Å²) < 4.78 is 43.8. The summed E-state index contributed by atoms with van der Waals surface area (Å²) in [6, 6.07) is 11.7. The van der Waals surface area contributed by atoms with Crippen molar-refractivity contribution < 1.29 is 32.2 Å². The maximum Gasteiger partial charge on any atom is 0.348 e. The van der Waals surface area contributed by atoms with Crippen molar-refractivity contribution in [2.45, 2.75) is 30.8 Å². The molecule has 4 rings (SSSR count). The van der Waals surface area contributed by atoms with Gasteiger partial charge in [-0.2, -0.15) is 4.31 Å². The molecule has 1 fully saturated rings. The zero-order chi connectivity index (χ0) is 24.5. The van der Waals surface area contributed by atoms with E-state index in [1.165, 1.54) is 29.5 Å². The van der Waals surface area contributed by atoms with Gasteiger partial charge in [-0.25, -0.2) is 13.2 Å². The molecule has 2 aliphatic heterocycles. The van der Waals surface area contributed by atoms with Crippen LogP contribution < -0.4 is 14.4 Å². The van der Waals surface area contributed by atoms with E-state index < -0.39 is 28.0 Å². The first-order valence-corrected chi connectivity index (χ1v) is 12.5. The van der Waals surface area contributed by atoms with Crippen LogP contribution in [0.1, 0.15) is 18.4 Å². The SMILES string of the molecule is COC(=O)[C@@H]1CN(C(=O)[C@H]2CCCN(S(=O)(=O)c3ccc(OC)c(C)c3)C2)c2ccccc2O1. The van der Waals surface area contributed by atoms with Crippen molar-refractivity contribution in [2.24, 2.45) is 5.92 Å². The third-order valence-corrected chi connectivity index (χ3v) is 8.10. The number of hydrogen-bond acceptors (Lipinski definition) is 7. The molecule has 0 radical (unpaired) electrons. The number of ether oxygens (including phenoxy) is 3. The van der Waals surface area contributed by atoms with E-state index in [0.717, 1.165) is 0 Å². The Hall–Kier alpha value is -3.11. The highest BCUT2D eigenvalue weighted by atomic mass is 32.2. The van der Waals surface area contributed by atoms with Crippen molar-refractivity contribution in [1.82, 2.24) is 4.31 Å². The molecule has 1 amide bonds. The van der Waals surface area contributed by atoms with E-state index in [9.17, 15) is 18.0 Å². The van der Waals surface area contributed by atoms with E-state index in [1.807, 2.05) is 0 Å². The second-order valence-electron chi connectivity index (χ2n) is 8.38. The third-order valence-electron chi connectivity index (χ3n) is 6.24. The predicted octanol–water partition coefficient (Wildman–Crippen LogP) is 2.37. The Bertz CT molecular complexity index is 1200. The van der Waals surface area contributed by atoms with Gasteiger partial charge in [-0.3, -0.25) is 4.79 Å². The molecule has 0 bridgehead atoms. The number of para-hydroxylation sites is 2. The number of aryl methyl sites for hydroxylation is 1. The van der Waals surface area contributed by atoms with Crippen molar-refractivity contribution in [3.05, 3.63) is 48.0 Å². The van der Waals surface area contributed by atoms with E-state index in [-0.39, 0.29) is 23.9 Å². The lowest BCUT2D eigenvalue weighted by Crippen LogP contribution is -2.52. The van der Waals surface area contributed by atoms with Gasteiger partial charge >= 0.3 is 5.97 Å². The van der Waals surface area contributed by atoms with Gasteiger partial charge in [-0.15, -0.1) is 0 Å². The second-order valence-corrected chi connectivity index (χ2v) is 10.3. The molecule has 182 valence electrons. The minimum Gasteiger partial charge on any atom is -0.496 e. The summed E-state index contributed by atoms with van der Waals surface area (Å²) in [5, 5.41) is 0. The van der Waals surface area contributed by atoms with Gasteiger partial charge in [-0.1, -0.05) is 12.1 Å². The number of piperidine rings is 1. The molecule has 2 heterocycles. The molecule has 1 saturated heterocycles. The smallest absolute Gasteiger partial charge is 0.348 e. The number of rotatable bonds is 5. The molecule has 2 atom stereocenters. The molecule has 0 unspecified atom stereocenters. The van der Waals surface area contributed by atoms with Crippen LogP contribution in [-0.2, 0) is 24.3 Å². The molecule has 2 aliphatic rings. The highest BCUT2D eigenvalue weighted by Gasteiger charge is 2.40. The van der Waals surface area contributed by atoms with E-state index in [0.29, 0.717) is 42.1 Å². The number of sulfonamides is 1. The molecule has 34 heavy (non-hydrogen) atoms. The van der Waals surface area contributed by atoms with Gasteiger partial charge in [0.1, 0.15) is 11.5 Å². The molecule has 9 nitrogen and oxygen atoms in total. The zero-order valence-electron chi connectivity index (χ0n) is 19.4. The van der Waals surface area contributed by atoms with Crippen molar-refractivity contribution in [1.29, 1.82) is 0 Å². The number of fused-ring (bicyclic) bond motifs is 1. The molecule has 10 heteroatoms. The average Bonchev–Trinajstić information content (AvgIpc) is 2.87. The van der Waals surface area contributed by atoms with Crippen molar-refractivity contribution in [3.63, 3.8) is 0 Å². The number of anilines is 1. The Morgan fingerprint density at radius 2 is 1.85 bits per heavy atom. The number of nitrogens with zero attached hydrogens (tertiary/aromatic N) is 2. The molecular formula is C24H28N2O7S. The minimum atomic E-state index is -3.79. The lowest BCUT2D eigenvalue weighted by molar-refractivity contribution is -0.148. The summed E-state index contributed by atoms with van der Waals surface area (Å²) >= 11 is 0. The third kappa shape index (κ3) is 4.47. The maximum atomic E-state index is 13.6. The molecule has 2 aromatic rings. The Labute approximate surface area is 199 Å². The van der Waals surface area contributed by atoms with Gasteiger partial charge in [0.15, 0.2) is 0 Å². The van der Waals surface area contributed by atoms with Crippen LogP contribution in [-0.4, -0.2) is 64.6 Å². The van der Waals surface area contributed by atoms with E-state index in [1.54, 1.807) is 43.3 Å². The lowest BCUT2D eigenvalue weighted by atomic mass is 9.97. The van der Waals surface area contributed by atoms with Gasteiger partial charge < -0.3 is 19.1 Å². The molecule has 0 aromatic heterocycles. The fraction of sp³-hybridized carbons (Fsp3) is 0.417. The van der Waals surface area contributed by atoms with Crippen molar-refractivity contribution in [3.8, 4) is 11.5 Å². The first kappa shape index (κ1) is 24.0. The van der Waals surface area contributed by atoms with E-state index >= 15 is 0 Å². The van der Waals surface area contributed by atoms with Gasteiger partial charge in [0, 0.05) is 13.1 Å². The summed E-state index contributed by atoms with van der Waals surface area (Å²) in [7, 11) is -0.987. The highest BCUT2D eigenvalue weighted by Crippen LogP contribution is 2.36. The van der Waals surface area contributed by atoms with Crippen molar-refractivity contribution in [2.75, 3.05) is 38.8 Å². The molecule has 2 aromatic carbocycles. The average molecular weight is 489 g/mol. The summed E-state index contributed by atoms with van der Waals surface area (Å²) in [6.45, 7) is 2.19. The summed E-state index contributed by atoms with van der Waals surface area (Å²) in [5.74, 6) is -0.346. The van der Waals surface area contributed by atoms with Crippen molar-refractivity contribution >= 4 is 27.6 Å². The first-order valence-electron chi connectivity index (χ1n) is 11.1. The van der Waals surface area contributed by atoms with Crippen LogP contribution >= 0.6 is 0 Å². The van der Waals surface area contributed by atoms with Crippen LogP contribution in [0, 0.1) is 12.8 Å². The summed E-state index contributed by atoms with van der Waals surface area (Å²) in [4.78, 5) is 27.4. The fourth-order valence-electron chi connectivity index (χ4n) is 4.44. The van der Waals surface area contributed by atoms with Gasteiger partial charge in [0.05, 0.1) is 37.3 Å². The van der Waals surface area contributed by atoms with Crippen LogP contribution in [0.4, 0.5) is 5.69 Å². The quantitative estimate of drug-likeness (QED) is 0.596. The number of hydrogen-bond donors (Lipinski definition) is 0. The largest absolute Gasteiger partial charge is 0.496 e. The van der Waals surface area contributed by atoms with Gasteiger partial charge in [-0.05, 0) is 55.7 Å². The van der Waals surface area contributed by atoms with Gasteiger partial charge in [0.25, 0.3) is 0 Å². The Morgan fingerprint density at radius 3 is 2.56 bits per heavy atom. The van der Waals surface area contributed by atoms with Crippen LogP contribution in [0.25, 0.3) is 0 Å². The fourth-order valence-corrected chi connectivity index (χ4v) is 6.05. The van der Waals surface area contributed by atoms with Crippen LogP contribution in [0.2, 0.25) is 0 Å². The Morgan fingerprint density at radius 1 is 1.09 bits per heavy atom. The molecule has 0 aliphatic carbocycles. The molecule has 0 saturated carbocycles. The zero-order valence-corrected chi connectivity index (χ0v) is 20.2. The lowest BCUT2D eigenvalue weighted by Gasteiger charge is -2.38. The van der Waals surface area contributed by atoms with E-state index in [2.05, 4.69) is 0 Å². The predicted molar refractivity (Wildman–Crippen MR) is 124 cm³/mol. The number of carbonyl (C=O) groups is 2. The minimum absolute atomic E-state index is 0.00342. The number of esters is 1. The number of methoxy groups -OCH3 is 2. The molecule has 0 spiro atoms.